The Morgan fingerprint density at radius 1 is 0.941 bits per heavy atom. The highest BCUT2D eigenvalue weighted by Crippen LogP contribution is 2.31. The third kappa shape index (κ3) is 5.31. The van der Waals surface area contributed by atoms with Gasteiger partial charge in [0.05, 0.1) is 11.4 Å². The standard InChI is InChI=1S/C27H35F2N5/c1-5-26-24(19-33(20(2)3)18-21-8-6-7-9-25(21)29)27(32-16-14-31(4)15-17-32)34(30-26)23-12-10-22(28)11-13-23/h6-13,20H,5,14-19H2,1-4H3. The van der Waals surface area contributed by atoms with E-state index in [0.29, 0.717) is 18.7 Å². The lowest BCUT2D eigenvalue weighted by atomic mass is 10.1. The lowest BCUT2D eigenvalue weighted by Crippen LogP contribution is -2.45. The van der Waals surface area contributed by atoms with E-state index in [1.165, 1.54) is 23.8 Å². The van der Waals surface area contributed by atoms with Gasteiger partial charge in [-0.3, -0.25) is 4.90 Å². The van der Waals surface area contributed by atoms with Crippen molar-refractivity contribution < 1.29 is 8.78 Å². The fraction of sp³-hybridized carbons (Fsp3) is 0.444. The molecule has 1 saturated heterocycles. The van der Waals surface area contributed by atoms with Crippen LogP contribution in [0.15, 0.2) is 48.5 Å². The van der Waals surface area contributed by atoms with E-state index in [2.05, 4.69) is 42.5 Å². The van der Waals surface area contributed by atoms with Gasteiger partial charge in [-0.1, -0.05) is 25.1 Å². The van der Waals surface area contributed by atoms with Crippen LogP contribution in [0, 0.1) is 11.6 Å². The first kappa shape index (κ1) is 24.4. The van der Waals surface area contributed by atoms with E-state index in [1.807, 2.05) is 16.8 Å². The van der Waals surface area contributed by atoms with Crippen LogP contribution in [0.3, 0.4) is 0 Å². The molecule has 1 aliphatic rings. The number of likely N-dealkylation sites (N-methyl/N-ethyl adjacent to an activating group) is 1. The maximum absolute atomic E-state index is 14.5. The van der Waals surface area contributed by atoms with Crippen LogP contribution in [0.2, 0.25) is 0 Å². The smallest absolute Gasteiger partial charge is 0.137 e. The number of rotatable bonds is 8. The average molecular weight is 468 g/mol. The highest BCUT2D eigenvalue weighted by molar-refractivity contribution is 5.56. The molecule has 2 aromatic carbocycles. The normalized spacial score (nSPS) is 15.0. The van der Waals surface area contributed by atoms with Crippen molar-refractivity contribution in [3.8, 4) is 5.69 Å². The molecule has 0 unspecified atom stereocenters. The molecule has 0 aliphatic carbocycles. The molecule has 1 aliphatic heterocycles. The molecule has 4 rings (SSSR count). The zero-order valence-electron chi connectivity index (χ0n) is 20.6. The number of hydrogen-bond donors (Lipinski definition) is 0. The number of halogens is 2. The molecule has 1 aromatic heterocycles. The first-order valence-corrected chi connectivity index (χ1v) is 12.1. The topological polar surface area (TPSA) is 27.5 Å². The van der Waals surface area contributed by atoms with Gasteiger partial charge in [-0.05, 0) is 57.6 Å². The highest BCUT2D eigenvalue weighted by atomic mass is 19.1. The van der Waals surface area contributed by atoms with Gasteiger partial charge in [-0.2, -0.15) is 5.10 Å². The van der Waals surface area contributed by atoms with Gasteiger partial charge in [0.2, 0.25) is 0 Å². The number of aromatic nitrogens is 2. The van der Waals surface area contributed by atoms with Gasteiger partial charge < -0.3 is 9.80 Å². The monoisotopic (exact) mass is 467 g/mol. The number of piperazine rings is 1. The Hall–Kier alpha value is -2.77. The summed E-state index contributed by atoms with van der Waals surface area (Å²) in [6.45, 7) is 11.3. The molecule has 0 bridgehead atoms. The second kappa shape index (κ2) is 10.7. The minimum absolute atomic E-state index is 0.176. The van der Waals surface area contributed by atoms with Crippen molar-refractivity contribution in [3.63, 3.8) is 0 Å². The lowest BCUT2D eigenvalue weighted by Gasteiger charge is -2.35. The second-order valence-electron chi connectivity index (χ2n) is 9.37. The van der Waals surface area contributed by atoms with Crippen LogP contribution in [-0.4, -0.2) is 58.8 Å². The molecular formula is C27H35F2N5. The van der Waals surface area contributed by atoms with Crippen LogP contribution >= 0.6 is 0 Å². The van der Waals surface area contributed by atoms with Crippen LogP contribution in [0.4, 0.5) is 14.6 Å². The quantitative estimate of drug-likeness (QED) is 0.472. The number of benzene rings is 2. The molecule has 3 aromatic rings. The summed E-state index contributed by atoms with van der Waals surface area (Å²) in [7, 11) is 2.14. The Labute approximate surface area is 201 Å². The molecule has 0 N–H and O–H groups in total. The SMILES string of the molecule is CCc1nn(-c2ccc(F)cc2)c(N2CCN(C)CC2)c1CN(Cc1ccccc1F)C(C)C. The summed E-state index contributed by atoms with van der Waals surface area (Å²) in [5.41, 5.74) is 3.74. The highest BCUT2D eigenvalue weighted by Gasteiger charge is 2.27. The minimum atomic E-state index is -0.260. The molecule has 2 heterocycles. The Morgan fingerprint density at radius 3 is 2.24 bits per heavy atom. The first-order valence-electron chi connectivity index (χ1n) is 12.1. The number of nitrogens with zero attached hydrogens (tertiary/aromatic N) is 5. The summed E-state index contributed by atoms with van der Waals surface area (Å²) in [5, 5.41) is 5.00. The van der Waals surface area contributed by atoms with E-state index in [4.69, 9.17) is 5.10 Å². The predicted molar refractivity (Wildman–Crippen MR) is 133 cm³/mol. The minimum Gasteiger partial charge on any atom is -0.354 e. The zero-order chi connectivity index (χ0) is 24.2. The predicted octanol–water partition coefficient (Wildman–Crippen LogP) is 4.88. The van der Waals surface area contributed by atoms with Crippen molar-refractivity contribution in [2.24, 2.45) is 0 Å². The average Bonchev–Trinajstić information content (AvgIpc) is 3.19. The molecular weight excluding hydrogens is 432 g/mol. The molecule has 0 saturated carbocycles. The van der Waals surface area contributed by atoms with Crippen LogP contribution in [-0.2, 0) is 19.5 Å². The van der Waals surface area contributed by atoms with Crippen molar-refractivity contribution in [2.75, 3.05) is 38.1 Å². The molecule has 5 nitrogen and oxygen atoms in total. The van der Waals surface area contributed by atoms with Crippen LogP contribution in [0.25, 0.3) is 5.69 Å². The first-order chi connectivity index (χ1) is 16.4. The van der Waals surface area contributed by atoms with Gasteiger partial charge in [0.25, 0.3) is 0 Å². The lowest BCUT2D eigenvalue weighted by molar-refractivity contribution is 0.200. The molecule has 0 amide bonds. The molecule has 0 spiro atoms. The Bertz CT molecular complexity index is 1080. The van der Waals surface area contributed by atoms with Gasteiger partial charge in [0, 0.05) is 56.4 Å². The summed E-state index contributed by atoms with van der Waals surface area (Å²) in [4.78, 5) is 7.02. The third-order valence-electron chi connectivity index (χ3n) is 6.67. The van der Waals surface area contributed by atoms with Gasteiger partial charge in [-0.15, -0.1) is 0 Å². The van der Waals surface area contributed by atoms with Crippen molar-refractivity contribution in [2.45, 2.75) is 46.3 Å². The number of aryl methyl sites for hydroxylation is 1. The summed E-state index contributed by atoms with van der Waals surface area (Å²) in [6, 6.07) is 13.7. The van der Waals surface area contributed by atoms with Gasteiger partial charge in [0.15, 0.2) is 0 Å². The van der Waals surface area contributed by atoms with Crippen molar-refractivity contribution in [1.82, 2.24) is 19.6 Å². The number of anilines is 1. The maximum Gasteiger partial charge on any atom is 0.137 e. The largest absolute Gasteiger partial charge is 0.354 e. The van der Waals surface area contributed by atoms with E-state index in [1.54, 1.807) is 18.2 Å². The fourth-order valence-electron chi connectivity index (χ4n) is 4.51. The molecule has 34 heavy (non-hydrogen) atoms. The van der Waals surface area contributed by atoms with E-state index in [0.717, 1.165) is 49.8 Å². The number of hydrogen-bond acceptors (Lipinski definition) is 4. The second-order valence-corrected chi connectivity index (χ2v) is 9.37. The fourth-order valence-corrected chi connectivity index (χ4v) is 4.51. The van der Waals surface area contributed by atoms with Crippen LogP contribution in [0.5, 0.6) is 0 Å². The summed E-state index contributed by atoms with van der Waals surface area (Å²) in [6.07, 6.45) is 0.788. The van der Waals surface area contributed by atoms with E-state index < -0.39 is 0 Å². The Balaban J connectivity index is 1.76. The zero-order valence-corrected chi connectivity index (χ0v) is 20.6. The molecule has 0 atom stereocenters. The Morgan fingerprint density at radius 2 is 1.62 bits per heavy atom. The summed E-state index contributed by atoms with van der Waals surface area (Å²) < 4.78 is 30.1. The molecule has 182 valence electrons. The van der Waals surface area contributed by atoms with Crippen molar-refractivity contribution in [3.05, 3.63) is 77.0 Å². The molecule has 1 fully saturated rings. The van der Waals surface area contributed by atoms with Gasteiger partial charge in [-0.25, -0.2) is 13.5 Å². The van der Waals surface area contributed by atoms with E-state index in [-0.39, 0.29) is 17.7 Å². The summed E-state index contributed by atoms with van der Waals surface area (Å²) in [5.74, 6) is 0.629. The van der Waals surface area contributed by atoms with Crippen LogP contribution in [0.1, 0.15) is 37.6 Å². The van der Waals surface area contributed by atoms with E-state index in [9.17, 15) is 8.78 Å². The van der Waals surface area contributed by atoms with Crippen molar-refractivity contribution in [1.29, 1.82) is 0 Å². The maximum atomic E-state index is 14.5. The Kier molecular flexibility index (Phi) is 7.63. The van der Waals surface area contributed by atoms with Crippen LogP contribution < -0.4 is 4.90 Å². The summed E-state index contributed by atoms with van der Waals surface area (Å²) >= 11 is 0. The van der Waals surface area contributed by atoms with E-state index >= 15 is 0 Å². The molecule has 0 radical (unpaired) electrons. The third-order valence-corrected chi connectivity index (χ3v) is 6.67. The van der Waals surface area contributed by atoms with Gasteiger partial charge >= 0.3 is 0 Å². The molecule has 7 heteroatoms. The van der Waals surface area contributed by atoms with Crippen molar-refractivity contribution >= 4 is 5.82 Å². The van der Waals surface area contributed by atoms with Gasteiger partial charge in [0.1, 0.15) is 17.5 Å².